The van der Waals surface area contributed by atoms with Crippen molar-refractivity contribution in [2.45, 2.75) is 13.8 Å². The number of hydrogen-bond donors (Lipinski definition) is 0. The maximum Gasteiger partial charge on any atom is 0.126 e. The van der Waals surface area contributed by atoms with Gasteiger partial charge < -0.3 is 4.74 Å². The minimum absolute atomic E-state index is 0.223. The largest absolute Gasteiger partial charge is 0.496 e. The van der Waals surface area contributed by atoms with Crippen molar-refractivity contribution in [1.29, 1.82) is 0 Å². The number of ether oxygens (including phenoxy) is 1. The molecule has 1 rings (SSSR count). The van der Waals surface area contributed by atoms with Crippen LogP contribution in [-0.2, 0) is 0 Å². The van der Waals surface area contributed by atoms with Gasteiger partial charge in [0.2, 0.25) is 0 Å². The molecule has 0 aliphatic rings. The Morgan fingerprint density at radius 1 is 1.46 bits per heavy atom. The highest BCUT2D eigenvalue weighted by Crippen LogP contribution is 2.27. The molecule has 0 unspecified atom stereocenters. The molecule has 0 aliphatic heterocycles. The summed E-state index contributed by atoms with van der Waals surface area (Å²) in [5, 5.41) is 0. The van der Waals surface area contributed by atoms with Crippen LogP contribution in [0.15, 0.2) is 18.7 Å². The standard InChI is InChI=1S/C11H13FO/c1-7(2)9-6-10(12)8(3)5-11(9)13-4/h5-6H,1H2,2-4H3. The molecule has 0 bridgehead atoms. The van der Waals surface area contributed by atoms with E-state index in [4.69, 9.17) is 4.74 Å². The lowest BCUT2D eigenvalue weighted by atomic mass is 10.1. The highest BCUT2D eigenvalue weighted by atomic mass is 19.1. The van der Waals surface area contributed by atoms with Gasteiger partial charge in [-0.1, -0.05) is 6.58 Å². The predicted octanol–water partition coefficient (Wildman–Crippen LogP) is 3.18. The molecule has 1 aromatic carbocycles. The van der Waals surface area contributed by atoms with Crippen molar-refractivity contribution < 1.29 is 9.13 Å². The second-order valence-corrected chi connectivity index (χ2v) is 3.08. The topological polar surface area (TPSA) is 9.23 Å². The van der Waals surface area contributed by atoms with E-state index in [1.54, 1.807) is 20.1 Å². The van der Waals surface area contributed by atoms with Crippen molar-refractivity contribution in [1.82, 2.24) is 0 Å². The van der Waals surface area contributed by atoms with Crippen LogP contribution in [0.4, 0.5) is 4.39 Å². The number of halogens is 1. The number of methoxy groups -OCH3 is 1. The van der Waals surface area contributed by atoms with Crippen molar-refractivity contribution in [3.8, 4) is 5.75 Å². The molecular formula is C11H13FO. The lowest BCUT2D eigenvalue weighted by Crippen LogP contribution is -1.93. The first-order valence-corrected chi connectivity index (χ1v) is 4.06. The zero-order valence-corrected chi connectivity index (χ0v) is 8.15. The summed E-state index contributed by atoms with van der Waals surface area (Å²) in [6, 6.07) is 3.13. The first-order chi connectivity index (χ1) is 6.06. The van der Waals surface area contributed by atoms with E-state index in [0.29, 0.717) is 11.3 Å². The Morgan fingerprint density at radius 3 is 2.54 bits per heavy atom. The molecule has 0 saturated carbocycles. The van der Waals surface area contributed by atoms with Crippen LogP contribution in [-0.4, -0.2) is 7.11 Å². The van der Waals surface area contributed by atoms with Gasteiger partial charge in [0.25, 0.3) is 0 Å². The minimum Gasteiger partial charge on any atom is -0.496 e. The lowest BCUT2D eigenvalue weighted by Gasteiger charge is -2.09. The maximum absolute atomic E-state index is 13.2. The van der Waals surface area contributed by atoms with Crippen molar-refractivity contribution in [3.63, 3.8) is 0 Å². The molecule has 0 saturated heterocycles. The Bertz CT molecular complexity index is 342. The third kappa shape index (κ3) is 1.89. The quantitative estimate of drug-likeness (QED) is 0.679. The first kappa shape index (κ1) is 9.78. The van der Waals surface area contributed by atoms with Gasteiger partial charge >= 0.3 is 0 Å². The molecule has 0 amide bonds. The van der Waals surface area contributed by atoms with Crippen LogP contribution in [0, 0.1) is 12.7 Å². The van der Waals surface area contributed by atoms with E-state index < -0.39 is 0 Å². The van der Waals surface area contributed by atoms with E-state index in [-0.39, 0.29) is 5.82 Å². The van der Waals surface area contributed by atoms with Gasteiger partial charge in [-0.25, -0.2) is 4.39 Å². The number of hydrogen-bond acceptors (Lipinski definition) is 1. The molecule has 70 valence electrons. The maximum atomic E-state index is 13.2. The van der Waals surface area contributed by atoms with Gasteiger partial charge in [0.15, 0.2) is 0 Å². The van der Waals surface area contributed by atoms with Crippen molar-refractivity contribution >= 4 is 5.57 Å². The highest BCUT2D eigenvalue weighted by molar-refractivity contribution is 5.67. The van der Waals surface area contributed by atoms with Crippen LogP contribution in [0.1, 0.15) is 18.1 Å². The third-order valence-electron chi connectivity index (χ3n) is 1.94. The van der Waals surface area contributed by atoms with Gasteiger partial charge in [-0.05, 0) is 37.1 Å². The van der Waals surface area contributed by atoms with Gasteiger partial charge in [-0.3, -0.25) is 0 Å². The molecule has 1 aromatic rings. The molecule has 0 heterocycles. The van der Waals surface area contributed by atoms with E-state index in [0.717, 1.165) is 11.1 Å². The fourth-order valence-electron chi connectivity index (χ4n) is 1.16. The first-order valence-electron chi connectivity index (χ1n) is 4.06. The lowest BCUT2D eigenvalue weighted by molar-refractivity contribution is 0.412. The summed E-state index contributed by atoms with van der Waals surface area (Å²) < 4.78 is 18.3. The van der Waals surface area contributed by atoms with Crippen LogP contribution in [0.5, 0.6) is 5.75 Å². The van der Waals surface area contributed by atoms with Crippen LogP contribution in [0.25, 0.3) is 5.57 Å². The number of benzene rings is 1. The number of aryl methyl sites for hydroxylation is 1. The number of allylic oxidation sites excluding steroid dienone is 1. The minimum atomic E-state index is -0.223. The summed E-state index contributed by atoms with van der Waals surface area (Å²) >= 11 is 0. The van der Waals surface area contributed by atoms with Crippen LogP contribution in [0.3, 0.4) is 0 Å². The second kappa shape index (κ2) is 3.60. The molecule has 0 atom stereocenters. The van der Waals surface area contributed by atoms with Gasteiger partial charge in [0, 0.05) is 5.56 Å². The van der Waals surface area contributed by atoms with E-state index in [1.165, 1.54) is 6.07 Å². The van der Waals surface area contributed by atoms with E-state index in [2.05, 4.69) is 6.58 Å². The van der Waals surface area contributed by atoms with Crippen molar-refractivity contribution in [2.24, 2.45) is 0 Å². The summed E-state index contributed by atoms with van der Waals surface area (Å²) in [6.07, 6.45) is 0. The molecule has 0 aromatic heterocycles. The summed E-state index contributed by atoms with van der Waals surface area (Å²) in [5.74, 6) is 0.449. The van der Waals surface area contributed by atoms with Gasteiger partial charge in [0.05, 0.1) is 7.11 Å². The Balaban J connectivity index is 3.33. The molecule has 13 heavy (non-hydrogen) atoms. The Morgan fingerprint density at radius 2 is 2.08 bits per heavy atom. The fourth-order valence-corrected chi connectivity index (χ4v) is 1.16. The van der Waals surface area contributed by atoms with Crippen molar-refractivity contribution in [3.05, 3.63) is 35.7 Å². The predicted molar refractivity (Wildman–Crippen MR) is 52.4 cm³/mol. The molecule has 0 radical (unpaired) electrons. The van der Waals surface area contributed by atoms with E-state index in [9.17, 15) is 4.39 Å². The summed E-state index contributed by atoms with van der Waals surface area (Å²) in [7, 11) is 1.57. The zero-order valence-electron chi connectivity index (χ0n) is 8.15. The van der Waals surface area contributed by atoms with Gasteiger partial charge in [0.1, 0.15) is 11.6 Å². The monoisotopic (exact) mass is 180 g/mol. The second-order valence-electron chi connectivity index (χ2n) is 3.08. The summed E-state index contributed by atoms with van der Waals surface area (Å²) in [6.45, 7) is 7.29. The Labute approximate surface area is 77.8 Å². The van der Waals surface area contributed by atoms with Crippen LogP contribution in [0.2, 0.25) is 0 Å². The smallest absolute Gasteiger partial charge is 0.126 e. The summed E-state index contributed by atoms with van der Waals surface area (Å²) in [5.41, 5.74) is 2.11. The average Bonchev–Trinajstić information content (AvgIpc) is 2.08. The number of rotatable bonds is 2. The molecule has 2 heteroatoms. The average molecular weight is 180 g/mol. The molecule has 0 spiro atoms. The van der Waals surface area contributed by atoms with E-state index in [1.807, 2.05) is 6.92 Å². The fraction of sp³-hybridized carbons (Fsp3) is 0.273. The van der Waals surface area contributed by atoms with Crippen LogP contribution >= 0.6 is 0 Å². The normalized spacial score (nSPS) is 9.85. The molecular weight excluding hydrogens is 167 g/mol. The van der Waals surface area contributed by atoms with Gasteiger partial charge in [-0.2, -0.15) is 0 Å². The highest BCUT2D eigenvalue weighted by Gasteiger charge is 2.07. The third-order valence-corrected chi connectivity index (χ3v) is 1.94. The molecule has 0 N–H and O–H groups in total. The summed E-state index contributed by atoms with van der Waals surface area (Å²) in [4.78, 5) is 0. The van der Waals surface area contributed by atoms with Gasteiger partial charge in [-0.15, -0.1) is 0 Å². The van der Waals surface area contributed by atoms with E-state index >= 15 is 0 Å². The van der Waals surface area contributed by atoms with Crippen LogP contribution < -0.4 is 4.74 Å². The SMILES string of the molecule is C=C(C)c1cc(F)c(C)cc1OC. The Hall–Kier alpha value is -1.31. The molecule has 1 nitrogen and oxygen atoms in total. The van der Waals surface area contributed by atoms with Crippen molar-refractivity contribution in [2.75, 3.05) is 7.11 Å². The Kier molecular flexibility index (Phi) is 2.71. The zero-order chi connectivity index (χ0) is 10.0. The molecule has 0 fully saturated rings. The molecule has 0 aliphatic carbocycles.